The summed E-state index contributed by atoms with van der Waals surface area (Å²) in [5.74, 6) is -4.71. The molecule has 0 heterocycles. The molecule has 0 spiro atoms. The molecular weight excluding hydrogens is 299 g/mol. The molecule has 9 heteroatoms. The van der Waals surface area contributed by atoms with Crippen LogP contribution in [0.1, 0.15) is 10.4 Å². The van der Waals surface area contributed by atoms with E-state index in [-0.39, 0.29) is 0 Å². The van der Waals surface area contributed by atoms with Crippen LogP contribution < -0.4 is 5.32 Å². The van der Waals surface area contributed by atoms with Crippen molar-refractivity contribution < 1.29 is 31.5 Å². The molecule has 0 saturated carbocycles. The summed E-state index contributed by atoms with van der Waals surface area (Å²) in [5, 5.41) is 1.56. The Morgan fingerprint density at radius 3 is 2.43 bits per heavy atom. The van der Waals surface area contributed by atoms with Gasteiger partial charge in [0.15, 0.2) is 11.6 Å². The van der Waals surface area contributed by atoms with Crippen molar-refractivity contribution in [3.05, 3.63) is 35.4 Å². The molecule has 0 aromatic heterocycles. The molecule has 0 bridgehead atoms. The summed E-state index contributed by atoms with van der Waals surface area (Å²) in [6.45, 7) is -2.26. The number of nitrogens with one attached hydrogen (secondary N) is 1. The highest BCUT2D eigenvalue weighted by atomic mass is 19.4. The fourth-order valence-corrected chi connectivity index (χ4v) is 1.42. The van der Waals surface area contributed by atoms with E-state index in [1.54, 1.807) is 5.32 Å². The van der Waals surface area contributed by atoms with Crippen molar-refractivity contribution in [3.8, 4) is 0 Å². The number of benzene rings is 1. The highest BCUT2D eigenvalue weighted by Gasteiger charge is 2.28. The molecule has 1 aromatic carbocycles. The van der Waals surface area contributed by atoms with E-state index in [2.05, 4.69) is 0 Å². The van der Waals surface area contributed by atoms with Crippen LogP contribution in [0.5, 0.6) is 0 Å². The fourth-order valence-electron chi connectivity index (χ4n) is 1.42. The van der Waals surface area contributed by atoms with Gasteiger partial charge in [0, 0.05) is 7.05 Å². The van der Waals surface area contributed by atoms with Gasteiger partial charge >= 0.3 is 6.18 Å². The van der Waals surface area contributed by atoms with Crippen molar-refractivity contribution in [3.63, 3.8) is 0 Å². The van der Waals surface area contributed by atoms with E-state index in [0.29, 0.717) is 4.90 Å². The molecule has 1 aromatic rings. The molecule has 0 saturated heterocycles. The minimum atomic E-state index is -4.58. The van der Waals surface area contributed by atoms with Gasteiger partial charge in [0.05, 0.1) is 12.1 Å². The number of alkyl halides is 3. The number of rotatable bonds is 4. The lowest BCUT2D eigenvalue weighted by atomic mass is 10.2. The third kappa shape index (κ3) is 5.01. The first-order valence-electron chi connectivity index (χ1n) is 5.64. The van der Waals surface area contributed by atoms with Gasteiger partial charge in [-0.2, -0.15) is 13.2 Å². The second-order valence-corrected chi connectivity index (χ2v) is 4.15. The molecule has 4 nitrogen and oxygen atoms in total. The van der Waals surface area contributed by atoms with Gasteiger partial charge < -0.3 is 10.2 Å². The number of amides is 2. The Labute approximate surface area is 116 Å². The molecule has 2 amide bonds. The zero-order valence-corrected chi connectivity index (χ0v) is 10.8. The van der Waals surface area contributed by atoms with E-state index in [0.717, 1.165) is 25.2 Å². The zero-order valence-electron chi connectivity index (χ0n) is 10.8. The number of likely N-dealkylation sites (N-methyl/N-ethyl adjacent to an activating group) is 1. The van der Waals surface area contributed by atoms with Crippen LogP contribution >= 0.6 is 0 Å². The molecule has 0 fully saturated rings. The van der Waals surface area contributed by atoms with Crippen molar-refractivity contribution in [2.45, 2.75) is 6.18 Å². The maximum atomic E-state index is 13.4. The monoisotopic (exact) mass is 310 g/mol. The Bertz CT molecular complexity index is 545. The molecule has 0 atom stereocenters. The van der Waals surface area contributed by atoms with Crippen LogP contribution in [0.4, 0.5) is 22.0 Å². The zero-order chi connectivity index (χ0) is 16.2. The smallest absolute Gasteiger partial charge is 0.345 e. The summed E-state index contributed by atoms with van der Waals surface area (Å²) >= 11 is 0. The Kier molecular flexibility index (Phi) is 5.23. The summed E-state index contributed by atoms with van der Waals surface area (Å²) in [4.78, 5) is 23.7. The molecule has 1 N–H and O–H groups in total. The summed E-state index contributed by atoms with van der Waals surface area (Å²) in [6.07, 6.45) is -4.58. The molecule has 21 heavy (non-hydrogen) atoms. The third-order valence-electron chi connectivity index (χ3n) is 2.40. The number of hydrogen-bond donors (Lipinski definition) is 1. The Balaban J connectivity index is 2.67. The summed E-state index contributed by atoms with van der Waals surface area (Å²) in [6, 6.07) is 2.91. The van der Waals surface area contributed by atoms with Crippen molar-refractivity contribution in [1.29, 1.82) is 0 Å². The van der Waals surface area contributed by atoms with Crippen molar-refractivity contribution >= 4 is 11.8 Å². The molecule has 0 aliphatic heterocycles. The first kappa shape index (κ1) is 16.9. The average Bonchev–Trinajstić information content (AvgIpc) is 2.38. The lowest BCUT2D eigenvalue weighted by Gasteiger charge is -2.17. The number of carbonyl (C=O) groups is 2. The van der Waals surface area contributed by atoms with Gasteiger partial charge in [-0.05, 0) is 12.1 Å². The second-order valence-electron chi connectivity index (χ2n) is 4.15. The van der Waals surface area contributed by atoms with E-state index < -0.39 is 48.3 Å². The standard InChI is InChI=1S/C12H11F5N2O2/c1-19(5-9(20)18-6-12(15,16)17)11(21)7-3-2-4-8(13)10(7)14/h2-4H,5-6H2,1H3,(H,18,20). The van der Waals surface area contributed by atoms with Gasteiger partial charge in [-0.3, -0.25) is 9.59 Å². The largest absolute Gasteiger partial charge is 0.405 e. The van der Waals surface area contributed by atoms with Crippen molar-refractivity contribution in [2.24, 2.45) is 0 Å². The highest BCUT2D eigenvalue weighted by molar-refractivity contribution is 5.96. The Morgan fingerprint density at radius 1 is 1.24 bits per heavy atom. The number of halogens is 5. The van der Waals surface area contributed by atoms with E-state index in [1.165, 1.54) is 0 Å². The lowest BCUT2D eigenvalue weighted by Crippen LogP contribution is -2.41. The lowest BCUT2D eigenvalue weighted by molar-refractivity contribution is -0.138. The van der Waals surface area contributed by atoms with E-state index >= 15 is 0 Å². The summed E-state index contributed by atoms with van der Waals surface area (Å²) in [5.41, 5.74) is -0.610. The van der Waals surface area contributed by atoms with Crippen LogP contribution in [-0.2, 0) is 4.79 Å². The maximum absolute atomic E-state index is 13.4. The minimum absolute atomic E-state index is 0.610. The van der Waals surface area contributed by atoms with Gasteiger partial charge in [0.25, 0.3) is 5.91 Å². The third-order valence-corrected chi connectivity index (χ3v) is 2.40. The second kappa shape index (κ2) is 6.51. The quantitative estimate of drug-likeness (QED) is 0.861. The van der Waals surface area contributed by atoms with Crippen molar-refractivity contribution in [1.82, 2.24) is 10.2 Å². The van der Waals surface area contributed by atoms with Crippen LogP contribution in [0.15, 0.2) is 18.2 Å². The topological polar surface area (TPSA) is 49.4 Å². The molecule has 1 rings (SSSR count). The van der Waals surface area contributed by atoms with Gasteiger partial charge in [-0.25, -0.2) is 8.78 Å². The molecular formula is C12H11F5N2O2. The average molecular weight is 310 g/mol. The molecule has 0 aliphatic rings. The van der Waals surface area contributed by atoms with Gasteiger partial charge in [0.1, 0.15) is 6.54 Å². The van der Waals surface area contributed by atoms with Crippen LogP contribution in [0.3, 0.4) is 0 Å². The number of carbonyl (C=O) groups excluding carboxylic acids is 2. The Hall–Kier alpha value is -2.19. The first-order chi connectivity index (χ1) is 9.61. The van der Waals surface area contributed by atoms with Crippen LogP contribution in [0.25, 0.3) is 0 Å². The van der Waals surface area contributed by atoms with E-state index in [9.17, 15) is 31.5 Å². The molecule has 116 valence electrons. The number of hydrogen-bond acceptors (Lipinski definition) is 2. The highest BCUT2D eigenvalue weighted by Crippen LogP contribution is 2.14. The maximum Gasteiger partial charge on any atom is 0.405 e. The van der Waals surface area contributed by atoms with Gasteiger partial charge in [0.2, 0.25) is 5.91 Å². The molecule has 0 aliphatic carbocycles. The molecule has 0 radical (unpaired) electrons. The summed E-state index contributed by atoms with van der Waals surface area (Å²) < 4.78 is 62.0. The van der Waals surface area contributed by atoms with Crippen LogP contribution in [-0.4, -0.2) is 43.0 Å². The van der Waals surface area contributed by atoms with Crippen LogP contribution in [0, 0.1) is 11.6 Å². The minimum Gasteiger partial charge on any atom is -0.345 e. The van der Waals surface area contributed by atoms with Crippen molar-refractivity contribution in [2.75, 3.05) is 20.1 Å². The normalized spacial score (nSPS) is 11.1. The van der Waals surface area contributed by atoms with Gasteiger partial charge in [-0.1, -0.05) is 6.07 Å². The fraction of sp³-hybridized carbons (Fsp3) is 0.333. The SMILES string of the molecule is CN(CC(=O)NCC(F)(F)F)C(=O)c1cccc(F)c1F. The molecule has 0 unspecified atom stereocenters. The number of nitrogens with zero attached hydrogens (tertiary/aromatic N) is 1. The Morgan fingerprint density at radius 2 is 1.86 bits per heavy atom. The predicted octanol–water partition coefficient (Wildman–Crippen LogP) is 1.72. The summed E-state index contributed by atoms with van der Waals surface area (Å²) in [7, 11) is 1.08. The predicted molar refractivity (Wildman–Crippen MR) is 62.4 cm³/mol. The first-order valence-corrected chi connectivity index (χ1v) is 5.64. The van der Waals surface area contributed by atoms with Gasteiger partial charge in [-0.15, -0.1) is 0 Å². The van der Waals surface area contributed by atoms with E-state index in [4.69, 9.17) is 0 Å². The van der Waals surface area contributed by atoms with Crippen LogP contribution in [0.2, 0.25) is 0 Å². The van der Waals surface area contributed by atoms with E-state index in [1.807, 2.05) is 0 Å².